The number of fused-ring (bicyclic) bond motifs is 1. The highest BCUT2D eigenvalue weighted by atomic mass is 16.2. The lowest BCUT2D eigenvalue weighted by Gasteiger charge is -2.29. The SMILES string of the molecule is CC(C)N1CCc2c(nc(C(=O)N3CCCC3)n2C)C1. The van der Waals surface area contributed by atoms with Crippen molar-refractivity contribution in [2.45, 2.75) is 45.7 Å². The minimum absolute atomic E-state index is 0.107. The Morgan fingerprint density at radius 3 is 2.55 bits per heavy atom. The minimum Gasteiger partial charge on any atom is -0.336 e. The van der Waals surface area contributed by atoms with Gasteiger partial charge in [0.25, 0.3) is 5.91 Å². The van der Waals surface area contributed by atoms with Crippen LogP contribution in [0.25, 0.3) is 0 Å². The summed E-state index contributed by atoms with van der Waals surface area (Å²) in [6.07, 6.45) is 3.23. The van der Waals surface area contributed by atoms with Gasteiger partial charge >= 0.3 is 0 Å². The van der Waals surface area contributed by atoms with Crippen molar-refractivity contribution < 1.29 is 4.79 Å². The van der Waals surface area contributed by atoms with Crippen molar-refractivity contribution in [1.82, 2.24) is 19.4 Å². The van der Waals surface area contributed by atoms with Gasteiger partial charge in [0, 0.05) is 51.4 Å². The van der Waals surface area contributed by atoms with Gasteiger partial charge in [-0.05, 0) is 26.7 Å². The van der Waals surface area contributed by atoms with Crippen molar-refractivity contribution in [3.63, 3.8) is 0 Å². The Kier molecular flexibility index (Phi) is 3.54. The second kappa shape index (κ2) is 5.20. The molecule has 3 heterocycles. The van der Waals surface area contributed by atoms with Crippen LogP contribution in [0.4, 0.5) is 0 Å². The van der Waals surface area contributed by atoms with Crippen LogP contribution < -0.4 is 0 Å². The van der Waals surface area contributed by atoms with Crippen LogP contribution in [0.15, 0.2) is 0 Å². The molecular formula is C15H24N4O. The molecule has 0 saturated carbocycles. The number of carbonyl (C=O) groups is 1. The third-order valence-corrected chi connectivity index (χ3v) is 4.60. The number of nitrogens with zero attached hydrogens (tertiary/aromatic N) is 4. The van der Waals surface area contributed by atoms with Crippen LogP contribution in [-0.2, 0) is 20.0 Å². The van der Waals surface area contributed by atoms with Crippen LogP contribution in [0.5, 0.6) is 0 Å². The third kappa shape index (κ3) is 2.24. The molecule has 1 aromatic rings. The van der Waals surface area contributed by atoms with Crippen LogP contribution >= 0.6 is 0 Å². The highest BCUT2D eigenvalue weighted by Crippen LogP contribution is 2.22. The molecule has 0 atom stereocenters. The van der Waals surface area contributed by atoms with E-state index in [1.165, 1.54) is 5.69 Å². The first-order chi connectivity index (χ1) is 9.58. The lowest BCUT2D eigenvalue weighted by Crippen LogP contribution is -2.36. The number of amides is 1. The summed E-state index contributed by atoms with van der Waals surface area (Å²) in [4.78, 5) is 21.5. The lowest BCUT2D eigenvalue weighted by molar-refractivity contribution is 0.0777. The fraction of sp³-hybridized carbons (Fsp3) is 0.733. The number of aromatic nitrogens is 2. The molecule has 0 aliphatic carbocycles. The standard InChI is InChI=1S/C15H24N4O/c1-11(2)19-9-6-13-12(10-19)16-14(17(13)3)15(20)18-7-4-5-8-18/h11H,4-10H2,1-3H3. The summed E-state index contributed by atoms with van der Waals surface area (Å²) < 4.78 is 2.02. The Bertz CT molecular complexity index is 514. The predicted molar refractivity (Wildman–Crippen MR) is 77.6 cm³/mol. The average molecular weight is 276 g/mol. The smallest absolute Gasteiger partial charge is 0.289 e. The molecule has 5 heteroatoms. The maximum Gasteiger partial charge on any atom is 0.289 e. The van der Waals surface area contributed by atoms with E-state index in [-0.39, 0.29) is 5.91 Å². The number of hydrogen-bond donors (Lipinski definition) is 0. The molecule has 1 amide bonds. The van der Waals surface area contributed by atoms with Gasteiger partial charge < -0.3 is 9.47 Å². The van der Waals surface area contributed by atoms with Crippen molar-refractivity contribution in [3.05, 3.63) is 17.2 Å². The second-order valence-electron chi connectivity index (χ2n) is 6.20. The fourth-order valence-corrected chi connectivity index (χ4v) is 3.24. The number of likely N-dealkylation sites (tertiary alicyclic amines) is 1. The first-order valence-electron chi connectivity index (χ1n) is 7.65. The Hall–Kier alpha value is -1.36. The summed E-state index contributed by atoms with van der Waals surface area (Å²) in [5.41, 5.74) is 2.33. The maximum atomic E-state index is 12.5. The molecule has 0 N–H and O–H groups in total. The van der Waals surface area contributed by atoms with Gasteiger partial charge in [-0.25, -0.2) is 4.98 Å². The van der Waals surface area contributed by atoms with Gasteiger partial charge in [0.15, 0.2) is 5.82 Å². The third-order valence-electron chi connectivity index (χ3n) is 4.60. The molecule has 1 aromatic heterocycles. The molecule has 2 aliphatic rings. The van der Waals surface area contributed by atoms with Crippen molar-refractivity contribution >= 4 is 5.91 Å². The van der Waals surface area contributed by atoms with Gasteiger partial charge in [-0.2, -0.15) is 0 Å². The Balaban J connectivity index is 1.86. The van der Waals surface area contributed by atoms with Gasteiger partial charge in [-0.3, -0.25) is 9.69 Å². The Morgan fingerprint density at radius 1 is 1.20 bits per heavy atom. The normalized spacial score (nSPS) is 19.7. The van der Waals surface area contributed by atoms with Crippen LogP contribution in [0.3, 0.4) is 0 Å². The topological polar surface area (TPSA) is 41.4 Å². The van der Waals surface area contributed by atoms with E-state index >= 15 is 0 Å². The number of hydrogen-bond acceptors (Lipinski definition) is 3. The Morgan fingerprint density at radius 2 is 1.90 bits per heavy atom. The molecule has 0 spiro atoms. The zero-order valence-corrected chi connectivity index (χ0v) is 12.7. The molecular weight excluding hydrogens is 252 g/mol. The van der Waals surface area contributed by atoms with Gasteiger partial charge in [0.05, 0.1) is 5.69 Å². The van der Waals surface area contributed by atoms with Crippen LogP contribution in [0.1, 0.15) is 48.7 Å². The summed E-state index contributed by atoms with van der Waals surface area (Å²) in [7, 11) is 1.99. The van der Waals surface area contributed by atoms with E-state index in [4.69, 9.17) is 0 Å². The fourth-order valence-electron chi connectivity index (χ4n) is 3.24. The van der Waals surface area contributed by atoms with Crippen LogP contribution in [-0.4, -0.2) is 50.9 Å². The largest absolute Gasteiger partial charge is 0.336 e. The molecule has 2 aliphatic heterocycles. The van der Waals surface area contributed by atoms with E-state index in [2.05, 4.69) is 23.7 Å². The van der Waals surface area contributed by atoms with Crippen LogP contribution in [0.2, 0.25) is 0 Å². The van der Waals surface area contributed by atoms with E-state index in [1.807, 2.05) is 16.5 Å². The first-order valence-corrected chi connectivity index (χ1v) is 7.65. The number of rotatable bonds is 2. The van der Waals surface area contributed by atoms with Crippen LogP contribution in [0, 0.1) is 0 Å². The van der Waals surface area contributed by atoms with Gasteiger partial charge in [0.2, 0.25) is 0 Å². The summed E-state index contributed by atoms with van der Waals surface area (Å²) in [5.74, 6) is 0.734. The van der Waals surface area contributed by atoms with Crippen molar-refractivity contribution in [2.24, 2.45) is 7.05 Å². The highest BCUT2D eigenvalue weighted by Gasteiger charge is 2.29. The quantitative estimate of drug-likeness (QED) is 0.820. The van der Waals surface area contributed by atoms with Gasteiger partial charge in [-0.15, -0.1) is 0 Å². The molecule has 1 saturated heterocycles. The number of imidazole rings is 1. The molecule has 1 fully saturated rings. The molecule has 5 nitrogen and oxygen atoms in total. The zero-order valence-electron chi connectivity index (χ0n) is 12.7. The highest BCUT2D eigenvalue weighted by molar-refractivity contribution is 5.91. The summed E-state index contributed by atoms with van der Waals surface area (Å²) >= 11 is 0. The number of carbonyl (C=O) groups excluding carboxylic acids is 1. The molecule has 0 unspecified atom stereocenters. The monoisotopic (exact) mass is 276 g/mol. The van der Waals surface area contributed by atoms with Crippen molar-refractivity contribution in [1.29, 1.82) is 0 Å². The van der Waals surface area contributed by atoms with E-state index in [1.54, 1.807) is 0 Å². The zero-order chi connectivity index (χ0) is 14.3. The van der Waals surface area contributed by atoms with Crippen molar-refractivity contribution in [2.75, 3.05) is 19.6 Å². The molecule has 0 aromatic carbocycles. The lowest BCUT2D eigenvalue weighted by atomic mass is 10.1. The summed E-state index contributed by atoms with van der Waals surface area (Å²) in [6.45, 7) is 8.12. The predicted octanol–water partition coefficient (Wildman–Crippen LogP) is 1.42. The Labute approximate surface area is 120 Å². The molecule has 0 radical (unpaired) electrons. The molecule has 20 heavy (non-hydrogen) atoms. The van der Waals surface area contributed by atoms with Crippen molar-refractivity contribution in [3.8, 4) is 0 Å². The summed E-state index contributed by atoms with van der Waals surface area (Å²) in [5, 5.41) is 0. The summed E-state index contributed by atoms with van der Waals surface area (Å²) in [6, 6.07) is 0.530. The minimum atomic E-state index is 0.107. The van der Waals surface area contributed by atoms with E-state index in [9.17, 15) is 4.79 Å². The molecule has 0 bridgehead atoms. The molecule has 3 rings (SSSR count). The molecule has 110 valence electrons. The van der Waals surface area contributed by atoms with Gasteiger partial charge in [-0.1, -0.05) is 0 Å². The maximum absolute atomic E-state index is 12.5. The second-order valence-corrected chi connectivity index (χ2v) is 6.20. The van der Waals surface area contributed by atoms with E-state index in [0.29, 0.717) is 11.9 Å². The average Bonchev–Trinajstić information content (AvgIpc) is 3.06. The van der Waals surface area contributed by atoms with E-state index in [0.717, 1.165) is 51.1 Å². The first kappa shape index (κ1) is 13.6. The van der Waals surface area contributed by atoms with E-state index < -0.39 is 0 Å². The van der Waals surface area contributed by atoms with Gasteiger partial charge in [0.1, 0.15) is 0 Å².